The summed E-state index contributed by atoms with van der Waals surface area (Å²) in [6.07, 6.45) is 0.515. The minimum Gasteiger partial charge on any atom is -0.338 e. The molecule has 1 saturated heterocycles. The fourth-order valence-corrected chi connectivity index (χ4v) is 5.93. The van der Waals surface area contributed by atoms with Gasteiger partial charge in [0.15, 0.2) is 20.8 Å². The van der Waals surface area contributed by atoms with Gasteiger partial charge in [0.2, 0.25) is 5.91 Å². The number of carbonyl (C=O) groups excluding carboxylic acids is 1. The van der Waals surface area contributed by atoms with Gasteiger partial charge >= 0.3 is 0 Å². The summed E-state index contributed by atoms with van der Waals surface area (Å²) in [4.78, 5) is 14.6. The number of carbonyl (C=O) groups is 1. The van der Waals surface area contributed by atoms with Gasteiger partial charge in [-0.15, -0.1) is 10.2 Å². The molecular formula is C18H24N4O3S2. The van der Waals surface area contributed by atoms with Crippen LogP contribution in [0.15, 0.2) is 35.5 Å². The molecule has 146 valence electrons. The van der Waals surface area contributed by atoms with E-state index in [1.165, 1.54) is 11.8 Å². The van der Waals surface area contributed by atoms with Gasteiger partial charge in [0.05, 0.1) is 16.8 Å². The largest absolute Gasteiger partial charge is 0.338 e. The van der Waals surface area contributed by atoms with E-state index in [9.17, 15) is 13.2 Å². The number of nitrogens with zero attached hydrogens (tertiary/aromatic N) is 4. The van der Waals surface area contributed by atoms with Gasteiger partial charge in [-0.1, -0.05) is 42.1 Å². The second-order valence-corrected chi connectivity index (χ2v) is 10.2. The molecule has 0 spiro atoms. The molecule has 7 nitrogen and oxygen atoms in total. The highest BCUT2D eigenvalue weighted by Gasteiger charge is 2.35. The SMILES string of the molecule is CCN(C(=O)[C@H](C)Sc1nnc(-c2ccccc2)n1C)[C@@H]1CCS(=O)(=O)C1. The van der Waals surface area contributed by atoms with Crippen LogP contribution in [0, 0.1) is 0 Å². The Bertz CT molecular complexity index is 912. The summed E-state index contributed by atoms with van der Waals surface area (Å²) in [6, 6.07) is 9.53. The van der Waals surface area contributed by atoms with Crippen molar-refractivity contribution in [2.75, 3.05) is 18.1 Å². The van der Waals surface area contributed by atoms with Crippen LogP contribution in [0.2, 0.25) is 0 Å². The first kappa shape index (κ1) is 19.9. The predicted octanol–water partition coefficient (Wildman–Crippen LogP) is 2.00. The van der Waals surface area contributed by atoms with Gasteiger partial charge in [-0.25, -0.2) is 8.42 Å². The average Bonchev–Trinajstić information content (AvgIpc) is 3.19. The molecule has 0 saturated carbocycles. The zero-order chi connectivity index (χ0) is 19.6. The van der Waals surface area contributed by atoms with Gasteiger partial charge in [-0.2, -0.15) is 0 Å². The first-order chi connectivity index (χ1) is 12.8. The van der Waals surface area contributed by atoms with Crippen LogP contribution >= 0.6 is 11.8 Å². The lowest BCUT2D eigenvalue weighted by Gasteiger charge is -2.29. The maximum absolute atomic E-state index is 12.9. The topological polar surface area (TPSA) is 85.2 Å². The number of aromatic nitrogens is 3. The van der Waals surface area contributed by atoms with Crippen LogP contribution in [0.5, 0.6) is 0 Å². The minimum atomic E-state index is -3.03. The van der Waals surface area contributed by atoms with Crippen molar-refractivity contribution in [1.82, 2.24) is 19.7 Å². The molecule has 27 heavy (non-hydrogen) atoms. The molecule has 1 aromatic heterocycles. The van der Waals surface area contributed by atoms with Crippen molar-refractivity contribution in [1.29, 1.82) is 0 Å². The highest BCUT2D eigenvalue weighted by molar-refractivity contribution is 8.00. The van der Waals surface area contributed by atoms with Crippen LogP contribution in [0.4, 0.5) is 0 Å². The number of hydrogen-bond acceptors (Lipinski definition) is 6. The summed E-state index contributed by atoms with van der Waals surface area (Å²) in [5.41, 5.74) is 0.963. The average molecular weight is 409 g/mol. The predicted molar refractivity (Wildman–Crippen MR) is 106 cm³/mol. The van der Waals surface area contributed by atoms with Gasteiger partial charge in [-0.3, -0.25) is 4.79 Å². The van der Waals surface area contributed by atoms with Crippen LogP contribution in [0.1, 0.15) is 20.3 Å². The molecule has 3 rings (SSSR count). The third kappa shape index (κ3) is 4.35. The maximum Gasteiger partial charge on any atom is 0.236 e. The first-order valence-electron chi connectivity index (χ1n) is 8.94. The molecule has 1 aliphatic heterocycles. The Balaban J connectivity index is 1.72. The van der Waals surface area contributed by atoms with E-state index < -0.39 is 9.84 Å². The van der Waals surface area contributed by atoms with Gasteiger partial charge < -0.3 is 9.47 Å². The highest BCUT2D eigenvalue weighted by atomic mass is 32.2. The van der Waals surface area contributed by atoms with E-state index in [0.29, 0.717) is 18.1 Å². The lowest BCUT2D eigenvalue weighted by Crippen LogP contribution is -2.44. The summed E-state index contributed by atoms with van der Waals surface area (Å²) in [6.45, 7) is 4.21. The Morgan fingerprint density at radius 2 is 2.04 bits per heavy atom. The van der Waals surface area contributed by atoms with Gasteiger partial charge in [-0.05, 0) is 20.3 Å². The molecule has 0 aliphatic carbocycles. The minimum absolute atomic E-state index is 0.0612. The standard InChI is InChI=1S/C18H24N4O3S2/c1-4-22(15-10-11-27(24,25)12-15)17(23)13(2)26-18-20-19-16(21(18)3)14-8-6-5-7-9-14/h5-9,13,15H,4,10-12H2,1-3H3/t13-,15+/m0/s1. The quantitative estimate of drug-likeness (QED) is 0.680. The third-order valence-corrected chi connectivity index (χ3v) is 7.64. The van der Waals surface area contributed by atoms with E-state index in [1.807, 2.05) is 55.8 Å². The molecule has 2 atom stereocenters. The second-order valence-electron chi connectivity index (χ2n) is 6.67. The molecule has 0 radical (unpaired) electrons. The summed E-state index contributed by atoms with van der Waals surface area (Å²) in [7, 11) is -1.15. The van der Waals surface area contributed by atoms with Crippen molar-refractivity contribution in [2.24, 2.45) is 7.05 Å². The van der Waals surface area contributed by atoms with Crippen LogP contribution in [-0.4, -0.2) is 63.3 Å². The molecule has 1 aromatic carbocycles. The fraction of sp³-hybridized carbons (Fsp3) is 0.500. The second kappa shape index (κ2) is 8.02. The van der Waals surface area contributed by atoms with Gasteiger partial charge in [0.25, 0.3) is 0 Å². The monoisotopic (exact) mass is 408 g/mol. The van der Waals surface area contributed by atoms with Gasteiger partial charge in [0, 0.05) is 25.2 Å². The van der Waals surface area contributed by atoms with E-state index in [-0.39, 0.29) is 28.7 Å². The molecule has 1 amide bonds. The fourth-order valence-electron chi connectivity index (χ4n) is 3.31. The van der Waals surface area contributed by atoms with Crippen molar-refractivity contribution in [3.05, 3.63) is 30.3 Å². The molecule has 1 fully saturated rings. The van der Waals surface area contributed by atoms with Crippen LogP contribution in [0.25, 0.3) is 11.4 Å². The summed E-state index contributed by atoms with van der Waals surface area (Å²) in [5, 5.41) is 8.76. The Morgan fingerprint density at radius 3 is 2.63 bits per heavy atom. The lowest BCUT2D eigenvalue weighted by atomic mass is 10.2. The molecule has 2 aromatic rings. The summed E-state index contributed by atoms with van der Waals surface area (Å²) in [5.74, 6) is 0.902. The van der Waals surface area contributed by atoms with Crippen molar-refractivity contribution in [3.63, 3.8) is 0 Å². The Labute approximate surface area is 164 Å². The van der Waals surface area contributed by atoms with Crippen LogP contribution in [-0.2, 0) is 21.7 Å². The van der Waals surface area contributed by atoms with Crippen molar-refractivity contribution >= 4 is 27.5 Å². The molecule has 9 heteroatoms. The number of thioether (sulfide) groups is 1. The number of amides is 1. The van der Waals surface area contributed by atoms with E-state index in [2.05, 4.69) is 10.2 Å². The Kier molecular flexibility index (Phi) is 5.90. The third-order valence-electron chi connectivity index (χ3n) is 4.77. The van der Waals surface area contributed by atoms with Crippen LogP contribution in [0.3, 0.4) is 0 Å². The molecular weight excluding hydrogens is 384 g/mol. The zero-order valence-corrected chi connectivity index (χ0v) is 17.3. The van der Waals surface area contributed by atoms with E-state index >= 15 is 0 Å². The lowest BCUT2D eigenvalue weighted by molar-refractivity contribution is -0.131. The first-order valence-corrected chi connectivity index (χ1v) is 11.6. The van der Waals surface area contributed by atoms with E-state index in [0.717, 1.165) is 11.4 Å². The number of hydrogen-bond donors (Lipinski definition) is 0. The van der Waals surface area contributed by atoms with E-state index in [4.69, 9.17) is 0 Å². The van der Waals surface area contributed by atoms with Crippen LogP contribution < -0.4 is 0 Å². The highest BCUT2D eigenvalue weighted by Crippen LogP contribution is 2.28. The van der Waals surface area contributed by atoms with E-state index in [1.54, 1.807) is 4.90 Å². The van der Waals surface area contributed by atoms with Crippen molar-refractivity contribution in [2.45, 2.75) is 36.7 Å². The zero-order valence-electron chi connectivity index (χ0n) is 15.7. The number of benzene rings is 1. The smallest absolute Gasteiger partial charge is 0.236 e. The normalized spacial score (nSPS) is 19.7. The molecule has 2 heterocycles. The number of sulfone groups is 1. The van der Waals surface area contributed by atoms with Gasteiger partial charge in [0.1, 0.15) is 0 Å². The molecule has 0 unspecified atom stereocenters. The maximum atomic E-state index is 12.9. The van der Waals surface area contributed by atoms with Crippen molar-refractivity contribution in [3.8, 4) is 11.4 Å². The number of rotatable bonds is 6. The molecule has 0 N–H and O–H groups in total. The Hall–Kier alpha value is -1.87. The Morgan fingerprint density at radius 1 is 1.33 bits per heavy atom. The molecule has 1 aliphatic rings. The summed E-state index contributed by atoms with van der Waals surface area (Å²) < 4.78 is 25.4. The summed E-state index contributed by atoms with van der Waals surface area (Å²) >= 11 is 1.34. The van der Waals surface area contributed by atoms with Crippen molar-refractivity contribution < 1.29 is 13.2 Å². The molecule has 0 bridgehead atoms.